The molecule has 1 rings (SSSR count). The molecule has 1 amide bonds. The normalized spacial score (nSPS) is 11.4. The molecule has 5 nitrogen and oxygen atoms in total. The van der Waals surface area contributed by atoms with Crippen LogP contribution in [-0.4, -0.2) is 34.6 Å². The van der Waals surface area contributed by atoms with Crippen molar-refractivity contribution in [2.45, 2.75) is 4.90 Å². The first kappa shape index (κ1) is 16.7. The van der Waals surface area contributed by atoms with Gasteiger partial charge in [0.1, 0.15) is 4.90 Å². The van der Waals surface area contributed by atoms with Gasteiger partial charge in [0.2, 0.25) is 0 Å². The van der Waals surface area contributed by atoms with Crippen molar-refractivity contribution < 1.29 is 17.9 Å². The highest BCUT2D eigenvalue weighted by atomic mass is 79.9. The van der Waals surface area contributed by atoms with Crippen LogP contribution < -0.4 is 5.32 Å². The van der Waals surface area contributed by atoms with E-state index in [2.05, 4.69) is 21.2 Å². The van der Waals surface area contributed by atoms with E-state index >= 15 is 0 Å². The zero-order chi connectivity index (χ0) is 14.6. The van der Waals surface area contributed by atoms with Crippen molar-refractivity contribution in [2.75, 3.05) is 20.3 Å². The van der Waals surface area contributed by atoms with Crippen molar-refractivity contribution in [1.82, 2.24) is 5.32 Å². The second kappa shape index (κ2) is 6.90. The van der Waals surface area contributed by atoms with E-state index in [0.717, 1.165) is 0 Å². The van der Waals surface area contributed by atoms with Gasteiger partial charge in [-0.3, -0.25) is 4.79 Å². The van der Waals surface area contributed by atoms with E-state index in [0.29, 0.717) is 11.1 Å². The van der Waals surface area contributed by atoms with Gasteiger partial charge in [0.05, 0.1) is 17.2 Å². The molecule has 0 atom stereocenters. The lowest BCUT2D eigenvalue weighted by Gasteiger charge is -2.09. The number of hydrogen-bond donors (Lipinski definition) is 1. The summed E-state index contributed by atoms with van der Waals surface area (Å²) in [5.74, 6) is -0.509. The van der Waals surface area contributed by atoms with Gasteiger partial charge < -0.3 is 10.1 Å². The van der Waals surface area contributed by atoms with Gasteiger partial charge in [0.25, 0.3) is 15.0 Å². The first-order valence-electron chi connectivity index (χ1n) is 4.98. The van der Waals surface area contributed by atoms with E-state index in [-0.39, 0.29) is 22.0 Å². The third kappa shape index (κ3) is 4.61. The van der Waals surface area contributed by atoms with Crippen LogP contribution in [0.1, 0.15) is 10.4 Å². The minimum atomic E-state index is -4.03. The van der Waals surface area contributed by atoms with Crippen molar-refractivity contribution in [3.05, 3.63) is 27.2 Å². The number of methoxy groups -OCH3 is 1. The Bertz CT molecular complexity index is 591. The Morgan fingerprint density at radius 2 is 2.11 bits per heavy atom. The third-order valence-corrected chi connectivity index (χ3v) is 4.43. The number of benzene rings is 1. The molecule has 0 aromatic heterocycles. The fourth-order valence-corrected chi connectivity index (χ4v) is 3.45. The molecule has 1 aromatic rings. The van der Waals surface area contributed by atoms with Crippen LogP contribution in [0, 0.1) is 0 Å². The second-order valence-electron chi connectivity index (χ2n) is 3.45. The summed E-state index contributed by atoms with van der Waals surface area (Å²) < 4.78 is 27.9. The first-order valence-corrected chi connectivity index (χ1v) is 8.46. The van der Waals surface area contributed by atoms with E-state index < -0.39 is 15.0 Å². The molecule has 106 valence electrons. The molecule has 0 saturated heterocycles. The summed E-state index contributed by atoms with van der Waals surface area (Å²) in [4.78, 5) is 11.5. The Labute approximate surface area is 128 Å². The van der Waals surface area contributed by atoms with Gasteiger partial charge >= 0.3 is 0 Å². The van der Waals surface area contributed by atoms with E-state index in [1.165, 1.54) is 19.2 Å². The Morgan fingerprint density at radius 3 is 2.63 bits per heavy atom. The number of carbonyl (C=O) groups is 1. The Morgan fingerprint density at radius 1 is 1.47 bits per heavy atom. The molecule has 0 saturated carbocycles. The van der Waals surface area contributed by atoms with E-state index in [1.807, 2.05) is 0 Å². The molecule has 0 radical (unpaired) electrons. The predicted octanol–water partition coefficient (Wildman–Crippen LogP) is 2.41. The summed E-state index contributed by atoms with van der Waals surface area (Å²) in [5.41, 5.74) is 0.0198. The highest BCUT2D eigenvalue weighted by Crippen LogP contribution is 2.31. The Hall–Kier alpha value is -0.340. The molecule has 0 fully saturated rings. The molecule has 9 heteroatoms. The van der Waals surface area contributed by atoms with Crippen LogP contribution in [0.15, 0.2) is 21.5 Å². The lowest BCUT2D eigenvalue weighted by molar-refractivity contribution is 0.0937. The zero-order valence-corrected chi connectivity index (χ0v) is 13.7. The molecule has 1 aromatic carbocycles. The fourth-order valence-electron chi connectivity index (χ4n) is 1.27. The molecule has 1 N–H and O–H groups in total. The van der Waals surface area contributed by atoms with Crippen molar-refractivity contribution in [1.29, 1.82) is 0 Å². The van der Waals surface area contributed by atoms with Crippen LogP contribution in [0.25, 0.3) is 0 Å². The van der Waals surface area contributed by atoms with Gasteiger partial charge in [-0.15, -0.1) is 0 Å². The van der Waals surface area contributed by atoms with Gasteiger partial charge in [-0.1, -0.05) is 27.5 Å². The van der Waals surface area contributed by atoms with Crippen LogP contribution >= 0.6 is 38.2 Å². The summed E-state index contributed by atoms with van der Waals surface area (Å²) in [6.45, 7) is 0.610. The van der Waals surface area contributed by atoms with Crippen LogP contribution in [0.4, 0.5) is 0 Å². The highest BCUT2D eigenvalue weighted by molar-refractivity contribution is 9.10. The van der Waals surface area contributed by atoms with Crippen LogP contribution in [0.5, 0.6) is 0 Å². The third-order valence-electron chi connectivity index (χ3n) is 2.10. The van der Waals surface area contributed by atoms with Crippen molar-refractivity contribution in [3.63, 3.8) is 0 Å². The van der Waals surface area contributed by atoms with E-state index in [9.17, 15) is 13.2 Å². The number of rotatable bonds is 5. The predicted molar refractivity (Wildman–Crippen MR) is 76.4 cm³/mol. The van der Waals surface area contributed by atoms with E-state index in [4.69, 9.17) is 27.0 Å². The summed E-state index contributed by atoms with van der Waals surface area (Å²) in [6.07, 6.45) is 0. The minimum absolute atomic E-state index is 0.0198. The standard InChI is InChI=1S/C10H10BrCl2NO4S/c1-18-3-2-14-10(15)7-4-6(11)5-8(9(7)12)19(13,16)17/h4-5H,2-3H2,1H3,(H,14,15). The summed E-state index contributed by atoms with van der Waals surface area (Å²) >= 11 is 9.00. The highest BCUT2D eigenvalue weighted by Gasteiger charge is 2.21. The van der Waals surface area contributed by atoms with Crippen molar-refractivity contribution in [2.24, 2.45) is 0 Å². The van der Waals surface area contributed by atoms with Crippen LogP contribution in [0.3, 0.4) is 0 Å². The molecule has 0 unspecified atom stereocenters. The quantitative estimate of drug-likeness (QED) is 0.618. The van der Waals surface area contributed by atoms with Gasteiger partial charge in [0.15, 0.2) is 0 Å². The summed E-state index contributed by atoms with van der Waals surface area (Å²) in [5, 5.41) is 2.32. The second-order valence-corrected chi connectivity index (χ2v) is 7.28. The molecule has 0 heterocycles. The minimum Gasteiger partial charge on any atom is -0.383 e. The Balaban J connectivity index is 3.15. The average Bonchev–Trinajstić information content (AvgIpc) is 2.30. The molecule has 19 heavy (non-hydrogen) atoms. The molecular formula is C10H10BrCl2NO4S. The molecular weight excluding hydrogens is 381 g/mol. The topological polar surface area (TPSA) is 72.5 Å². The molecule has 0 aliphatic carbocycles. The largest absolute Gasteiger partial charge is 0.383 e. The lowest BCUT2D eigenvalue weighted by Crippen LogP contribution is -2.27. The fraction of sp³-hybridized carbons (Fsp3) is 0.300. The van der Waals surface area contributed by atoms with Gasteiger partial charge in [-0.25, -0.2) is 8.42 Å². The summed E-state index contributed by atoms with van der Waals surface area (Å²) in [6, 6.07) is 2.65. The van der Waals surface area contributed by atoms with Crippen molar-refractivity contribution >= 4 is 53.2 Å². The van der Waals surface area contributed by atoms with Gasteiger partial charge in [0, 0.05) is 28.8 Å². The lowest BCUT2D eigenvalue weighted by atomic mass is 10.2. The van der Waals surface area contributed by atoms with Gasteiger partial charge in [-0.2, -0.15) is 0 Å². The number of hydrogen-bond acceptors (Lipinski definition) is 4. The number of halogens is 3. The molecule has 0 aliphatic rings. The average molecular weight is 391 g/mol. The molecule has 0 bridgehead atoms. The van der Waals surface area contributed by atoms with Crippen molar-refractivity contribution in [3.8, 4) is 0 Å². The van der Waals surface area contributed by atoms with Gasteiger partial charge in [-0.05, 0) is 12.1 Å². The number of carbonyl (C=O) groups excluding carboxylic acids is 1. The number of nitrogens with one attached hydrogen (secondary N) is 1. The molecule has 0 spiro atoms. The molecule has 0 aliphatic heterocycles. The zero-order valence-electron chi connectivity index (χ0n) is 9.74. The summed E-state index contributed by atoms with van der Waals surface area (Å²) in [7, 11) is 2.72. The maximum absolute atomic E-state index is 11.9. The maximum atomic E-state index is 11.9. The first-order chi connectivity index (χ1) is 8.77. The SMILES string of the molecule is COCCNC(=O)c1cc(Br)cc(S(=O)(=O)Cl)c1Cl. The van der Waals surface area contributed by atoms with E-state index in [1.54, 1.807) is 0 Å². The maximum Gasteiger partial charge on any atom is 0.262 e. The number of ether oxygens (including phenoxy) is 1. The van der Waals surface area contributed by atoms with Crippen LogP contribution in [0.2, 0.25) is 5.02 Å². The Kier molecular flexibility index (Phi) is 6.07. The monoisotopic (exact) mass is 389 g/mol. The van der Waals surface area contributed by atoms with Crippen LogP contribution in [-0.2, 0) is 13.8 Å². The number of amides is 1. The smallest absolute Gasteiger partial charge is 0.262 e.